The number of benzene rings is 2. The second kappa shape index (κ2) is 7.79. The highest BCUT2D eigenvalue weighted by molar-refractivity contribution is 7.89. The normalized spacial score (nSPS) is 11.5. The van der Waals surface area contributed by atoms with Crippen molar-refractivity contribution in [2.24, 2.45) is 0 Å². The molecule has 0 saturated carbocycles. The van der Waals surface area contributed by atoms with Gasteiger partial charge in [0.15, 0.2) is 0 Å². The van der Waals surface area contributed by atoms with Crippen molar-refractivity contribution in [3.8, 4) is 5.75 Å². The van der Waals surface area contributed by atoms with E-state index in [4.69, 9.17) is 4.74 Å². The molecule has 1 amide bonds. The summed E-state index contributed by atoms with van der Waals surface area (Å²) in [5, 5.41) is 2.11. The number of rotatable bonds is 6. The average molecular weight is 384 g/mol. The lowest BCUT2D eigenvalue weighted by Gasteiger charge is -2.14. The number of nitrogens with one attached hydrogen (secondary N) is 2. The number of ether oxygens (including phenoxy) is 1. The van der Waals surface area contributed by atoms with E-state index in [0.717, 1.165) is 24.3 Å². The number of methoxy groups -OCH3 is 1. The summed E-state index contributed by atoms with van der Waals surface area (Å²) >= 11 is 0. The molecule has 0 aliphatic heterocycles. The van der Waals surface area contributed by atoms with Crippen LogP contribution in [0.5, 0.6) is 5.75 Å². The molecule has 6 nitrogen and oxygen atoms in total. The third-order valence-electron chi connectivity index (χ3n) is 3.31. The summed E-state index contributed by atoms with van der Waals surface area (Å²) in [7, 11) is -2.66. The Bertz CT molecular complexity index is 910. The topological polar surface area (TPSA) is 84.5 Å². The molecule has 0 aliphatic rings. The van der Waals surface area contributed by atoms with Gasteiger partial charge >= 0.3 is 0 Å². The first-order valence-electron chi connectivity index (χ1n) is 7.61. The van der Waals surface area contributed by atoms with Gasteiger partial charge in [0.2, 0.25) is 10.0 Å². The molecule has 26 heavy (non-hydrogen) atoms. The highest BCUT2D eigenvalue weighted by Gasteiger charge is 2.23. The molecule has 140 valence electrons. The van der Waals surface area contributed by atoms with E-state index >= 15 is 0 Å². The van der Waals surface area contributed by atoms with Crippen molar-refractivity contribution in [2.75, 3.05) is 12.4 Å². The molecule has 0 heterocycles. The third kappa shape index (κ3) is 4.36. The van der Waals surface area contributed by atoms with Crippen LogP contribution in [-0.2, 0) is 10.0 Å². The van der Waals surface area contributed by atoms with Crippen LogP contribution < -0.4 is 14.8 Å². The molecule has 0 atom stereocenters. The van der Waals surface area contributed by atoms with E-state index in [1.54, 1.807) is 13.8 Å². The smallest absolute Gasteiger partial charge is 0.255 e. The molecule has 0 aromatic heterocycles. The minimum atomic E-state index is -3.95. The fraction of sp³-hybridized carbons (Fsp3) is 0.235. The van der Waals surface area contributed by atoms with E-state index in [9.17, 15) is 22.0 Å². The van der Waals surface area contributed by atoms with Gasteiger partial charge in [-0.3, -0.25) is 4.79 Å². The van der Waals surface area contributed by atoms with Crippen molar-refractivity contribution in [3.05, 3.63) is 53.6 Å². The minimum Gasteiger partial charge on any atom is -0.495 e. The minimum absolute atomic E-state index is 0.0340. The molecule has 0 saturated heterocycles. The van der Waals surface area contributed by atoms with Gasteiger partial charge in [0.1, 0.15) is 28.0 Å². The molecule has 0 spiro atoms. The van der Waals surface area contributed by atoms with Gasteiger partial charge in [0.05, 0.1) is 7.11 Å². The Morgan fingerprint density at radius 1 is 1.12 bits per heavy atom. The van der Waals surface area contributed by atoms with Gasteiger partial charge < -0.3 is 10.1 Å². The predicted molar refractivity (Wildman–Crippen MR) is 92.8 cm³/mol. The molecule has 0 aliphatic carbocycles. The Morgan fingerprint density at radius 2 is 1.73 bits per heavy atom. The van der Waals surface area contributed by atoms with E-state index in [1.807, 2.05) is 0 Å². The first-order chi connectivity index (χ1) is 12.2. The van der Waals surface area contributed by atoms with E-state index in [-0.39, 0.29) is 22.3 Å². The summed E-state index contributed by atoms with van der Waals surface area (Å²) in [5.74, 6) is -2.72. The summed E-state index contributed by atoms with van der Waals surface area (Å²) in [5.41, 5.74) is -0.712. The Labute approximate surface area is 150 Å². The van der Waals surface area contributed by atoms with Crippen LogP contribution in [0.25, 0.3) is 0 Å². The first-order valence-corrected chi connectivity index (χ1v) is 9.09. The molecule has 2 aromatic carbocycles. The first kappa shape index (κ1) is 19.8. The number of hydrogen-bond donors (Lipinski definition) is 2. The van der Waals surface area contributed by atoms with Gasteiger partial charge in [0.25, 0.3) is 5.91 Å². The van der Waals surface area contributed by atoms with Crippen LogP contribution in [-0.4, -0.2) is 27.5 Å². The number of halogens is 2. The standard InChI is InChI=1S/C17H18F2N2O4S/c1-10(2)21-26(23,24)15-9-11(7-8-14(15)25-3)17(22)20-16-12(18)5-4-6-13(16)19/h4-10,21H,1-3H3,(H,20,22). The summed E-state index contributed by atoms with van der Waals surface area (Å²) < 4.78 is 59.6. The van der Waals surface area contributed by atoms with Crippen molar-refractivity contribution in [2.45, 2.75) is 24.8 Å². The molecule has 2 rings (SSSR count). The fourth-order valence-electron chi connectivity index (χ4n) is 2.20. The lowest BCUT2D eigenvalue weighted by atomic mass is 10.2. The molecule has 9 heteroatoms. The van der Waals surface area contributed by atoms with Crippen molar-refractivity contribution >= 4 is 21.6 Å². The van der Waals surface area contributed by atoms with E-state index in [2.05, 4.69) is 10.0 Å². The molecule has 2 N–H and O–H groups in total. The largest absolute Gasteiger partial charge is 0.495 e. The molecule has 0 unspecified atom stereocenters. The van der Waals surface area contributed by atoms with Gasteiger partial charge in [-0.25, -0.2) is 21.9 Å². The number of para-hydroxylation sites is 1. The maximum absolute atomic E-state index is 13.7. The second-order valence-corrected chi connectivity index (χ2v) is 7.37. The number of carbonyl (C=O) groups excluding carboxylic acids is 1. The van der Waals surface area contributed by atoms with E-state index < -0.39 is 33.3 Å². The average Bonchev–Trinajstić information content (AvgIpc) is 2.56. The summed E-state index contributed by atoms with van der Waals surface area (Å²) in [6.07, 6.45) is 0. The van der Waals surface area contributed by atoms with Gasteiger partial charge in [-0.2, -0.15) is 0 Å². The molecular weight excluding hydrogens is 366 g/mol. The van der Waals surface area contributed by atoms with Crippen molar-refractivity contribution in [1.29, 1.82) is 0 Å². The number of sulfonamides is 1. The number of hydrogen-bond acceptors (Lipinski definition) is 4. The lowest BCUT2D eigenvalue weighted by Crippen LogP contribution is -2.30. The Morgan fingerprint density at radius 3 is 2.27 bits per heavy atom. The Balaban J connectivity index is 2.42. The van der Waals surface area contributed by atoms with E-state index in [1.165, 1.54) is 19.2 Å². The third-order valence-corrected chi connectivity index (χ3v) is 4.99. The van der Waals surface area contributed by atoms with E-state index in [0.29, 0.717) is 0 Å². The number of amides is 1. The summed E-state index contributed by atoms with van der Waals surface area (Å²) in [4.78, 5) is 12.1. The number of anilines is 1. The van der Waals surface area contributed by atoms with Crippen LogP contribution in [0, 0.1) is 11.6 Å². The van der Waals surface area contributed by atoms with Crippen molar-refractivity contribution in [3.63, 3.8) is 0 Å². The second-order valence-electron chi connectivity index (χ2n) is 5.69. The van der Waals surface area contributed by atoms with Gasteiger partial charge in [-0.05, 0) is 44.2 Å². The maximum atomic E-state index is 13.7. The molecule has 0 bridgehead atoms. The summed E-state index contributed by atoms with van der Waals surface area (Å²) in [6, 6.07) is 6.44. The van der Waals surface area contributed by atoms with Crippen LogP contribution in [0.1, 0.15) is 24.2 Å². The quantitative estimate of drug-likeness (QED) is 0.802. The maximum Gasteiger partial charge on any atom is 0.255 e. The Kier molecular flexibility index (Phi) is 5.94. The van der Waals surface area contributed by atoms with Crippen LogP contribution >= 0.6 is 0 Å². The summed E-state index contributed by atoms with van der Waals surface area (Å²) in [6.45, 7) is 3.28. The van der Waals surface area contributed by atoms with Crippen molar-refractivity contribution < 1.29 is 26.7 Å². The van der Waals surface area contributed by atoms with Crippen molar-refractivity contribution in [1.82, 2.24) is 4.72 Å². The Hall–Kier alpha value is -2.52. The van der Waals surface area contributed by atoms with Crippen LogP contribution in [0.2, 0.25) is 0 Å². The molecule has 2 aromatic rings. The zero-order chi connectivity index (χ0) is 19.5. The lowest BCUT2D eigenvalue weighted by molar-refractivity contribution is 0.102. The fourth-order valence-corrected chi connectivity index (χ4v) is 3.65. The SMILES string of the molecule is COc1ccc(C(=O)Nc2c(F)cccc2F)cc1S(=O)(=O)NC(C)C. The molecular formula is C17H18F2N2O4S. The van der Waals surface area contributed by atoms with Crippen LogP contribution in [0.15, 0.2) is 41.3 Å². The monoisotopic (exact) mass is 384 g/mol. The highest BCUT2D eigenvalue weighted by Crippen LogP contribution is 2.26. The van der Waals surface area contributed by atoms with Crippen LogP contribution in [0.3, 0.4) is 0 Å². The van der Waals surface area contributed by atoms with Gasteiger partial charge in [-0.1, -0.05) is 6.07 Å². The molecule has 0 fully saturated rings. The highest BCUT2D eigenvalue weighted by atomic mass is 32.2. The molecule has 0 radical (unpaired) electrons. The zero-order valence-corrected chi connectivity index (χ0v) is 15.2. The predicted octanol–water partition coefficient (Wildman–Crippen LogP) is 2.91. The van der Waals surface area contributed by atoms with Gasteiger partial charge in [-0.15, -0.1) is 0 Å². The van der Waals surface area contributed by atoms with Crippen LogP contribution in [0.4, 0.5) is 14.5 Å². The zero-order valence-electron chi connectivity index (χ0n) is 14.3. The number of carbonyl (C=O) groups is 1. The van der Waals surface area contributed by atoms with Gasteiger partial charge in [0, 0.05) is 11.6 Å².